The van der Waals surface area contributed by atoms with Gasteiger partial charge in [-0.2, -0.15) is 0 Å². The molecule has 2 aromatic rings. The number of rotatable bonds is 1. The van der Waals surface area contributed by atoms with Gasteiger partial charge in [-0.25, -0.2) is 4.98 Å². The zero-order chi connectivity index (χ0) is 12.7. The summed E-state index contributed by atoms with van der Waals surface area (Å²) >= 11 is 9.64. The predicted molar refractivity (Wildman–Crippen MR) is 79.1 cm³/mol. The quantitative estimate of drug-likeness (QED) is 0.658. The van der Waals surface area contributed by atoms with Gasteiger partial charge in [0.1, 0.15) is 5.15 Å². The molecule has 96 valence electrons. The Morgan fingerprint density at radius 2 is 2.06 bits per heavy atom. The van der Waals surface area contributed by atoms with Gasteiger partial charge in [0.05, 0.1) is 5.52 Å². The Morgan fingerprint density at radius 3 is 2.78 bits per heavy atom. The van der Waals surface area contributed by atoms with Crippen LogP contribution in [0.2, 0.25) is 5.15 Å². The summed E-state index contributed by atoms with van der Waals surface area (Å²) in [6.45, 7) is 2.35. The fourth-order valence-corrected chi connectivity index (χ4v) is 3.58. The van der Waals surface area contributed by atoms with E-state index in [1.807, 2.05) is 12.3 Å². The number of nitrogens with zero attached hydrogens (tertiary/aromatic N) is 2. The number of aromatic nitrogens is 2. The molecule has 0 spiro atoms. The second-order valence-corrected chi connectivity index (χ2v) is 6.56. The van der Waals surface area contributed by atoms with E-state index >= 15 is 0 Å². The van der Waals surface area contributed by atoms with Crippen LogP contribution >= 0.6 is 27.5 Å². The van der Waals surface area contributed by atoms with Crippen molar-refractivity contribution in [1.82, 2.24) is 9.55 Å². The van der Waals surface area contributed by atoms with Gasteiger partial charge < -0.3 is 4.57 Å². The molecular formula is C14H16BrClN2. The lowest BCUT2D eigenvalue weighted by atomic mass is 9.87. The van der Waals surface area contributed by atoms with Crippen molar-refractivity contribution in [2.75, 3.05) is 0 Å². The van der Waals surface area contributed by atoms with Crippen LogP contribution in [0.3, 0.4) is 0 Å². The Morgan fingerprint density at radius 1 is 1.33 bits per heavy atom. The molecule has 0 amide bonds. The Hall–Kier alpha value is -0.540. The smallest absolute Gasteiger partial charge is 0.131 e. The number of hydrogen-bond donors (Lipinski definition) is 0. The highest BCUT2D eigenvalue weighted by Crippen LogP contribution is 2.37. The van der Waals surface area contributed by atoms with E-state index in [4.69, 9.17) is 11.6 Å². The van der Waals surface area contributed by atoms with Crippen molar-refractivity contribution in [1.29, 1.82) is 0 Å². The molecule has 1 aliphatic rings. The summed E-state index contributed by atoms with van der Waals surface area (Å²) in [5.41, 5.74) is 1.20. The molecule has 2 heterocycles. The number of pyridine rings is 1. The minimum atomic E-state index is 0.568. The van der Waals surface area contributed by atoms with Gasteiger partial charge in [0.2, 0.25) is 0 Å². The third-order valence-electron chi connectivity index (χ3n) is 4.02. The van der Waals surface area contributed by atoms with E-state index in [0.29, 0.717) is 11.2 Å². The Bertz CT molecular complexity index is 570. The molecule has 0 unspecified atom stereocenters. The van der Waals surface area contributed by atoms with E-state index in [-0.39, 0.29) is 0 Å². The highest BCUT2D eigenvalue weighted by Gasteiger charge is 2.21. The molecule has 1 aliphatic carbocycles. The van der Waals surface area contributed by atoms with Crippen LogP contribution in [0.1, 0.15) is 38.6 Å². The van der Waals surface area contributed by atoms with Gasteiger partial charge >= 0.3 is 0 Å². The van der Waals surface area contributed by atoms with Crippen LogP contribution < -0.4 is 0 Å². The van der Waals surface area contributed by atoms with Crippen LogP contribution in [0.25, 0.3) is 10.9 Å². The van der Waals surface area contributed by atoms with Crippen LogP contribution in [0.5, 0.6) is 0 Å². The lowest BCUT2D eigenvalue weighted by Crippen LogP contribution is -2.15. The topological polar surface area (TPSA) is 17.8 Å². The van der Waals surface area contributed by atoms with Crippen LogP contribution in [0.4, 0.5) is 0 Å². The fraction of sp³-hybridized carbons (Fsp3) is 0.500. The average Bonchev–Trinajstić information content (AvgIpc) is 2.67. The molecule has 0 bridgehead atoms. The van der Waals surface area contributed by atoms with E-state index in [1.165, 1.54) is 31.2 Å². The van der Waals surface area contributed by atoms with Crippen LogP contribution in [-0.2, 0) is 0 Å². The highest BCUT2D eigenvalue weighted by atomic mass is 79.9. The van der Waals surface area contributed by atoms with Crippen molar-refractivity contribution in [2.24, 2.45) is 5.92 Å². The largest absolute Gasteiger partial charge is 0.343 e. The van der Waals surface area contributed by atoms with Gasteiger partial charge in [0, 0.05) is 28.3 Å². The SMILES string of the molecule is CC1CCC(n2cc(Br)c3cnc(Cl)cc32)CC1. The molecule has 2 nitrogen and oxygen atoms in total. The van der Waals surface area contributed by atoms with E-state index in [2.05, 4.69) is 38.6 Å². The minimum Gasteiger partial charge on any atom is -0.343 e. The normalized spacial score (nSPS) is 24.6. The van der Waals surface area contributed by atoms with Crippen LogP contribution in [0.15, 0.2) is 22.9 Å². The minimum absolute atomic E-state index is 0.568. The summed E-state index contributed by atoms with van der Waals surface area (Å²) in [6, 6.07) is 2.58. The van der Waals surface area contributed by atoms with E-state index in [1.54, 1.807) is 0 Å². The Balaban J connectivity index is 2.03. The summed E-state index contributed by atoms with van der Waals surface area (Å²) in [5, 5.41) is 1.72. The van der Waals surface area contributed by atoms with Crippen molar-refractivity contribution >= 4 is 38.4 Å². The molecule has 1 fully saturated rings. The van der Waals surface area contributed by atoms with Gasteiger partial charge in [0.15, 0.2) is 0 Å². The van der Waals surface area contributed by atoms with Gasteiger partial charge in [-0.3, -0.25) is 0 Å². The Labute approximate surface area is 120 Å². The van der Waals surface area contributed by atoms with E-state index in [9.17, 15) is 0 Å². The summed E-state index contributed by atoms with van der Waals surface area (Å²) < 4.78 is 3.49. The third kappa shape index (κ3) is 2.19. The average molecular weight is 328 g/mol. The van der Waals surface area contributed by atoms with Crippen molar-refractivity contribution < 1.29 is 0 Å². The zero-order valence-electron chi connectivity index (χ0n) is 10.4. The lowest BCUT2D eigenvalue weighted by Gasteiger charge is -2.28. The molecule has 1 saturated carbocycles. The molecule has 2 aromatic heterocycles. The van der Waals surface area contributed by atoms with Crippen molar-refractivity contribution in [2.45, 2.75) is 38.6 Å². The summed E-state index contributed by atoms with van der Waals surface area (Å²) in [7, 11) is 0. The van der Waals surface area contributed by atoms with Crippen LogP contribution in [-0.4, -0.2) is 9.55 Å². The molecular weight excluding hydrogens is 312 g/mol. The summed E-state index contributed by atoms with van der Waals surface area (Å²) in [5.74, 6) is 0.872. The molecule has 0 radical (unpaired) electrons. The second-order valence-electron chi connectivity index (χ2n) is 5.32. The first-order chi connectivity index (χ1) is 8.65. The standard InChI is InChI=1S/C14H16BrClN2/c1-9-2-4-10(5-3-9)18-8-12(15)11-7-17-14(16)6-13(11)18/h6-10H,2-5H2,1H3. The second kappa shape index (κ2) is 4.86. The molecule has 0 atom stereocenters. The monoisotopic (exact) mass is 326 g/mol. The first-order valence-corrected chi connectivity index (χ1v) is 7.64. The van der Waals surface area contributed by atoms with Crippen molar-refractivity contribution in [3.8, 4) is 0 Å². The van der Waals surface area contributed by atoms with Gasteiger partial charge in [0.25, 0.3) is 0 Å². The van der Waals surface area contributed by atoms with Crippen molar-refractivity contribution in [3.05, 3.63) is 28.1 Å². The predicted octanol–water partition coefficient (Wildman–Crippen LogP) is 5.20. The molecule has 0 aromatic carbocycles. The highest BCUT2D eigenvalue weighted by molar-refractivity contribution is 9.10. The maximum atomic E-state index is 6.02. The van der Waals surface area contributed by atoms with Gasteiger partial charge in [-0.1, -0.05) is 18.5 Å². The third-order valence-corrected chi connectivity index (χ3v) is 4.85. The molecule has 0 saturated heterocycles. The molecule has 0 aliphatic heterocycles. The number of hydrogen-bond acceptors (Lipinski definition) is 1. The first-order valence-electron chi connectivity index (χ1n) is 6.46. The maximum Gasteiger partial charge on any atom is 0.131 e. The van der Waals surface area contributed by atoms with E-state index < -0.39 is 0 Å². The lowest BCUT2D eigenvalue weighted by molar-refractivity contribution is 0.294. The van der Waals surface area contributed by atoms with Gasteiger partial charge in [-0.05, 0) is 53.6 Å². The maximum absolute atomic E-state index is 6.02. The summed E-state index contributed by atoms with van der Waals surface area (Å²) in [4.78, 5) is 4.16. The zero-order valence-corrected chi connectivity index (χ0v) is 12.7. The fourth-order valence-electron chi connectivity index (χ4n) is 2.90. The van der Waals surface area contributed by atoms with Crippen LogP contribution in [0, 0.1) is 5.92 Å². The Kier molecular flexibility index (Phi) is 3.37. The first kappa shape index (κ1) is 12.5. The molecule has 4 heteroatoms. The molecule has 3 rings (SSSR count). The summed E-state index contributed by atoms with van der Waals surface area (Å²) in [6.07, 6.45) is 9.20. The molecule has 0 N–H and O–H groups in total. The molecule has 18 heavy (non-hydrogen) atoms. The van der Waals surface area contributed by atoms with E-state index in [0.717, 1.165) is 15.8 Å². The number of halogens is 2. The van der Waals surface area contributed by atoms with Crippen molar-refractivity contribution in [3.63, 3.8) is 0 Å². The van der Waals surface area contributed by atoms with Gasteiger partial charge in [-0.15, -0.1) is 0 Å². The number of fused-ring (bicyclic) bond motifs is 1.